The maximum absolute atomic E-state index is 11.4. The standard InChI is InChI=1S/C13H16N2O4/c1-8-4-6-11(19-9(2)13(18)14-3)10(15-8)5-7-12(16)17/h4-7,9H,1-3H3,(H,14,18)(H,16,17). The topological polar surface area (TPSA) is 88.5 Å². The van der Waals surface area contributed by atoms with Crippen molar-refractivity contribution in [2.45, 2.75) is 20.0 Å². The van der Waals surface area contributed by atoms with E-state index in [-0.39, 0.29) is 5.91 Å². The van der Waals surface area contributed by atoms with E-state index in [1.165, 1.54) is 13.1 Å². The predicted octanol–water partition coefficient (Wildman–Crippen LogP) is 1.00. The van der Waals surface area contributed by atoms with Crippen LogP contribution in [0.2, 0.25) is 0 Å². The van der Waals surface area contributed by atoms with Crippen LogP contribution in [0.5, 0.6) is 5.75 Å². The number of rotatable bonds is 5. The monoisotopic (exact) mass is 264 g/mol. The van der Waals surface area contributed by atoms with Gasteiger partial charge in [-0.3, -0.25) is 4.79 Å². The lowest BCUT2D eigenvalue weighted by Crippen LogP contribution is -2.33. The highest BCUT2D eigenvalue weighted by Crippen LogP contribution is 2.20. The van der Waals surface area contributed by atoms with Gasteiger partial charge in [-0.15, -0.1) is 0 Å². The fourth-order valence-electron chi connectivity index (χ4n) is 1.38. The second kappa shape index (κ2) is 6.53. The molecule has 1 atom stereocenters. The van der Waals surface area contributed by atoms with Gasteiger partial charge in [0.1, 0.15) is 11.4 Å². The first-order valence-electron chi connectivity index (χ1n) is 5.71. The van der Waals surface area contributed by atoms with E-state index < -0.39 is 12.1 Å². The van der Waals surface area contributed by atoms with E-state index in [4.69, 9.17) is 9.84 Å². The molecule has 0 radical (unpaired) electrons. The number of pyridine rings is 1. The quantitative estimate of drug-likeness (QED) is 0.774. The normalized spacial score (nSPS) is 12.2. The highest BCUT2D eigenvalue weighted by atomic mass is 16.5. The average molecular weight is 264 g/mol. The minimum absolute atomic E-state index is 0.270. The Balaban J connectivity index is 2.99. The number of carbonyl (C=O) groups is 2. The van der Waals surface area contributed by atoms with Crippen LogP contribution in [0.1, 0.15) is 18.3 Å². The molecule has 0 aliphatic heterocycles. The van der Waals surface area contributed by atoms with E-state index in [2.05, 4.69) is 10.3 Å². The molecule has 1 unspecified atom stereocenters. The van der Waals surface area contributed by atoms with Gasteiger partial charge < -0.3 is 15.2 Å². The summed E-state index contributed by atoms with van der Waals surface area (Å²) in [6.07, 6.45) is 1.62. The molecule has 0 aliphatic carbocycles. The number of nitrogens with one attached hydrogen (secondary N) is 1. The van der Waals surface area contributed by atoms with Crippen LogP contribution < -0.4 is 10.1 Å². The van der Waals surface area contributed by atoms with Crippen molar-refractivity contribution in [3.63, 3.8) is 0 Å². The summed E-state index contributed by atoms with van der Waals surface area (Å²) in [5.41, 5.74) is 1.10. The fraction of sp³-hybridized carbons (Fsp3) is 0.308. The first-order valence-corrected chi connectivity index (χ1v) is 5.71. The van der Waals surface area contributed by atoms with Gasteiger partial charge in [-0.1, -0.05) is 0 Å². The molecule has 0 fully saturated rings. The molecule has 1 aromatic rings. The van der Waals surface area contributed by atoms with Crippen LogP contribution in [-0.4, -0.2) is 35.1 Å². The number of amides is 1. The Bertz CT molecular complexity index is 511. The number of carboxylic acids is 1. The van der Waals surface area contributed by atoms with E-state index in [9.17, 15) is 9.59 Å². The number of ether oxygens (including phenoxy) is 1. The van der Waals surface area contributed by atoms with E-state index in [1.807, 2.05) is 0 Å². The molecule has 0 spiro atoms. The molecule has 6 heteroatoms. The predicted molar refractivity (Wildman–Crippen MR) is 69.8 cm³/mol. The van der Waals surface area contributed by atoms with E-state index in [1.54, 1.807) is 26.0 Å². The third-order valence-electron chi connectivity index (χ3n) is 2.33. The van der Waals surface area contributed by atoms with Crippen LogP contribution >= 0.6 is 0 Å². The number of nitrogens with zero attached hydrogens (tertiary/aromatic N) is 1. The first kappa shape index (κ1) is 14.7. The molecule has 6 nitrogen and oxygen atoms in total. The van der Waals surface area contributed by atoms with Crippen molar-refractivity contribution < 1.29 is 19.4 Å². The maximum atomic E-state index is 11.4. The van der Waals surface area contributed by atoms with Crippen molar-refractivity contribution >= 4 is 18.0 Å². The van der Waals surface area contributed by atoms with Crippen LogP contribution in [0.15, 0.2) is 18.2 Å². The Morgan fingerprint density at radius 2 is 2.16 bits per heavy atom. The number of aliphatic carboxylic acids is 1. The summed E-state index contributed by atoms with van der Waals surface area (Å²) in [5.74, 6) is -0.985. The Morgan fingerprint density at radius 3 is 2.74 bits per heavy atom. The highest BCUT2D eigenvalue weighted by molar-refractivity contribution is 5.85. The molecule has 0 aromatic carbocycles. The van der Waals surface area contributed by atoms with Crippen molar-refractivity contribution in [1.82, 2.24) is 10.3 Å². The largest absolute Gasteiger partial charge is 0.479 e. The van der Waals surface area contributed by atoms with Crippen molar-refractivity contribution in [3.05, 3.63) is 29.6 Å². The van der Waals surface area contributed by atoms with Gasteiger partial charge >= 0.3 is 5.97 Å². The van der Waals surface area contributed by atoms with Crippen molar-refractivity contribution in [2.75, 3.05) is 7.05 Å². The van der Waals surface area contributed by atoms with Crippen molar-refractivity contribution in [1.29, 1.82) is 0 Å². The van der Waals surface area contributed by atoms with Crippen molar-refractivity contribution in [3.8, 4) is 5.75 Å². The van der Waals surface area contributed by atoms with E-state index in [0.29, 0.717) is 11.4 Å². The van der Waals surface area contributed by atoms with Gasteiger partial charge in [0.05, 0.1) is 0 Å². The van der Waals surface area contributed by atoms with E-state index >= 15 is 0 Å². The first-order chi connectivity index (χ1) is 8.93. The fourth-order valence-corrected chi connectivity index (χ4v) is 1.38. The lowest BCUT2D eigenvalue weighted by atomic mass is 10.2. The molecule has 2 N–H and O–H groups in total. The SMILES string of the molecule is CNC(=O)C(C)Oc1ccc(C)nc1C=CC(=O)O. The van der Waals surface area contributed by atoms with Gasteiger partial charge in [-0.05, 0) is 32.1 Å². The lowest BCUT2D eigenvalue weighted by Gasteiger charge is -2.14. The molecule has 0 saturated carbocycles. The van der Waals surface area contributed by atoms with Crippen LogP contribution in [0.25, 0.3) is 6.08 Å². The summed E-state index contributed by atoms with van der Waals surface area (Å²) < 4.78 is 5.47. The molecule has 102 valence electrons. The summed E-state index contributed by atoms with van der Waals surface area (Å²) in [6, 6.07) is 3.38. The molecule has 1 rings (SSSR count). The second-order valence-corrected chi connectivity index (χ2v) is 3.88. The van der Waals surface area contributed by atoms with Crippen LogP contribution in [0.3, 0.4) is 0 Å². The number of carboxylic acid groups (broad SMARTS) is 1. The number of hydrogen-bond donors (Lipinski definition) is 2. The van der Waals surface area contributed by atoms with Gasteiger partial charge in [0, 0.05) is 18.8 Å². The Labute approximate surface area is 111 Å². The van der Waals surface area contributed by atoms with Crippen molar-refractivity contribution in [2.24, 2.45) is 0 Å². The number of aryl methyl sites for hydroxylation is 1. The van der Waals surface area contributed by atoms with Gasteiger partial charge in [-0.2, -0.15) is 0 Å². The summed E-state index contributed by atoms with van der Waals surface area (Å²) in [5, 5.41) is 11.1. The molecule has 1 amide bonds. The maximum Gasteiger partial charge on any atom is 0.328 e. The minimum atomic E-state index is -1.08. The van der Waals surface area contributed by atoms with Crippen LogP contribution in [0.4, 0.5) is 0 Å². The van der Waals surface area contributed by atoms with Gasteiger partial charge in [0.15, 0.2) is 6.10 Å². The molecule has 0 saturated heterocycles. The van der Waals surface area contributed by atoms with Gasteiger partial charge in [0.25, 0.3) is 5.91 Å². The Morgan fingerprint density at radius 1 is 1.47 bits per heavy atom. The molecule has 1 aromatic heterocycles. The molecule has 19 heavy (non-hydrogen) atoms. The molecular formula is C13H16N2O4. The second-order valence-electron chi connectivity index (χ2n) is 3.88. The third kappa shape index (κ3) is 4.42. The molecule has 0 aliphatic rings. The smallest absolute Gasteiger partial charge is 0.328 e. The number of carbonyl (C=O) groups excluding carboxylic acids is 1. The zero-order chi connectivity index (χ0) is 14.4. The molecule has 1 heterocycles. The van der Waals surface area contributed by atoms with Gasteiger partial charge in [-0.25, -0.2) is 9.78 Å². The molecule has 0 bridgehead atoms. The Hall–Kier alpha value is -2.37. The summed E-state index contributed by atoms with van der Waals surface area (Å²) >= 11 is 0. The van der Waals surface area contributed by atoms with Crippen LogP contribution in [-0.2, 0) is 9.59 Å². The van der Waals surface area contributed by atoms with E-state index in [0.717, 1.165) is 11.8 Å². The zero-order valence-corrected chi connectivity index (χ0v) is 11.0. The lowest BCUT2D eigenvalue weighted by molar-refractivity contribution is -0.131. The third-order valence-corrected chi connectivity index (χ3v) is 2.33. The zero-order valence-electron chi connectivity index (χ0n) is 11.0. The van der Waals surface area contributed by atoms with Crippen LogP contribution in [0, 0.1) is 6.92 Å². The van der Waals surface area contributed by atoms with Gasteiger partial charge in [0.2, 0.25) is 0 Å². The number of hydrogen-bond acceptors (Lipinski definition) is 4. The average Bonchev–Trinajstić information content (AvgIpc) is 2.37. The summed E-state index contributed by atoms with van der Waals surface area (Å²) in [4.78, 5) is 26.1. The minimum Gasteiger partial charge on any atom is -0.479 e. The number of likely N-dealkylation sites (N-methyl/N-ethyl adjacent to an activating group) is 1. The highest BCUT2D eigenvalue weighted by Gasteiger charge is 2.14. The molecular weight excluding hydrogens is 248 g/mol. The Kier molecular flexibility index (Phi) is 5.05. The summed E-state index contributed by atoms with van der Waals surface area (Å²) in [6.45, 7) is 3.38. The number of aromatic nitrogens is 1. The summed E-state index contributed by atoms with van der Waals surface area (Å²) in [7, 11) is 1.51.